The topological polar surface area (TPSA) is 49.3 Å². The maximum absolute atomic E-state index is 10.6. The molecule has 0 aromatic rings. The quantitative estimate of drug-likeness (QED) is 0.546. The van der Waals surface area contributed by atoms with E-state index in [0.717, 1.165) is 0 Å². The van der Waals surface area contributed by atoms with Gasteiger partial charge in [-0.25, -0.2) is 4.79 Å². The van der Waals surface area contributed by atoms with Crippen LogP contribution in [0, 0.1) is 0 Å². The fraction of sp³-hybridized carbons (Fsp3) is 0.571. The van der Waals surface area contributed by atoms with Gasteiger partial charge in [-0.15, -0.1) is 0 Å². The fourth-order valence-electron chi connectivity index (χ4n) is 1.10. The highest BCUT2D eigenvalue weighted by Crippen LogP contribution is 2.15. The lowest BCUT2D eigenvalue weighted by Crippen LogP contribution is -2.46. The van der Waals surface area contributed by atoms with Crippen LogP contribution in [0.2, 0.25) is 0 Å². The van der Waals surface area contributed by atoms with Gasteiger partial charge in [0.1, 0.15) is 5.54 Å². The maximum atomic E-state index is 10.6. The van der Waals surface area contributed by atoms with Gasteiger partial charge in [0.2, 0.25) is 0 Å². The zero-order valence-electron chi connectivity index (χ0n) is 5.92. The van der Waals surface area contributed by atoms with Gasteiger partial charge in [-0.3, -0.25) is 5.32 Å². The fourth-order valence-corrected chi connectivity index (χ4v) is 1.10. The SMILES string of the molecule is CC[C@]1(C(=O)O)C=CCN1. The number of carboxylic acid groups (broad SMARTS) is 1. The average Bonchev–Trinajstić information content (AvgIpc) is 2.35. The van der Waals surface area contributed by atoms with Crippen LogP contribution in [0.1, 0.15) is 13.3 Å². The van der Waals surface area contributed by atoms with Gasteiger partial charge in [0, 0.05) is 6.54 Å². The zero-order valence-corrected chi connectivity index (χ0v) is 5.92. The van der Waals surface area contributed by atoms with Gasteiger partial charge < -0.3 is 5.11 Å². The van der Waals surface area contributed by atoms with Crippen LogP contribution < -0.4 is 5.32 Å². The second kappa shape index (κ2) is 2.42. The standard InChI is InChI=1S/C7H11NO2/c1-2-7(6(9)10)4-3-5-8-7/h3-4,8H,2,5H2,1H3,(H,9,10)/t7-/m1/s1. The Balaban J connectivity index is 2.78. The summed E-state index contributed by atoms with van der Waals surface area (Å²) in [6.45, 7) is 2.52. The van der Waals surface area contributed by atoms with E-state index in [0.29, 0.717) is 13.0 Å². The van der Waals surface area contributed by atoms with Crippen molar-refractivity contribution in [3.05, 3.63) is 12.2 Å². The molecule has 1 heterocycles. The van der Waals surface area contributed by atoms with E-state index in [1.54, 1.807) is 6.08 Å². The van der Waals surface area contributed by atoms with E-state index >= 15 is 0 Å². The Bertz CT molecular complexity index is 176. The Morgan fingerprint density at radius 1 is 1.90 bits per heavy atom. The van der Waals surface area contributed by atoms with E-state index in [1.807, 2.05) is 13.0 Å². The monoisotopic (exact) mass is 141 g/mol. The van der Waals surface area contributed by atoms with Gasteiger partial charge in [-0.2, -0.15) is 0 Å². The van der Waals surface area contributed by atoms with Gasteiger partial charge in [-0.05, 0) is 6.42 Å². The lowest BCUT2D eigenvalue weighted by Gasteiger charge is -2.20. The van der Waals surface area contributed by atoms with Crippen LogP contribution in [-0.2, 0) is 4.79 Å². The molecule has 0 spiro atoms. The highest BCUT2D eigenvalue weighted by Gasteiger charge is 2.35. The van der Waals surface area contributed by atoms with E-state index < -0.39 is 11.5 Å². The third-order valence-electron chi connectivity index (χ3n) is 1.88. The highest BCUT2D eigenvalue weighted by atomic mass is 16.4. The summed E-state index contributed by atoms with van der Waals surface area (Å²) in [6.07, 6.45) is 4.16. The lowest BCUT2D eigenvalue weighted by atomic mass is 9.99. The largest absolute Gasteiger partial charge is 0.480 e. The highest BCUT2D eigenvalue weighted by molar-refractivity contribution is 5.82. The molecule has 0 saturated heterocycles. The summed E-state index contributed by atoms with van der Waals surface area (Å²) in [4.78, 5) is 10.6. The van der Waals surface area contributed by atoms with Gasteiger partial charge >= 0.3 is 5.97 Å². The number of hydrogen-bond donors (Lipinski definition) is 2. The Morgan fingerprint density at radius 3 is 2.80 bits per heavy atom. The molecule has 0 aliphatic carbocycles. The van der Waals surface area contributed by atoms with Crippen molar-refractivity contribution in [2.45, 2.75) is 18.9 Å². The van der Waals surface area contributed by atoms with Crippen LogP contribution in [0.15, 0.2) is 12.2 Å². The minimum absolute atomic E-state index is 0.596. The molecule has 0 amide bonds. The van der Waals surface area contributed by atoms with Crippen molar-refractivity contribution < 1.29 is 9.90 Å². The van der Waals surface area contributed by atoms with Crippen molar-refractivity contribution in [2.75, 3.05) is 6.54 Å². The molecule has 56 valence electrons. The summed E-state index contributed by atoms with van der Waals surface area (Å²) in [6, 6.07) is 0. The van der Waals surface area contributed by atoms with Crippen molar-refractivity contribution in [3.63, 3.8) is 0 Å². The first-order chi connectivity index (χ1) is 4.71. The molecular formula is C7H11NO2. The van der Waals surface area contributed by atoms with Crippen LogP contribution in [-0.4, -0.2) is 23.2 Å². The number of carbonyl (C=O) groups is 1. The van der Waals surface area contributed by atoms with E-state index in [-0.39, 0.29) is 0 Å². The number of nitrogens with one attached hydrogen (secondary N) is 1. The summed E-state index contributed by atoms with van der Waals surface area (Å²) in [5, 5.41) is 11.7. The minimum atomic E-state index is -0.788. The molecule has 2 N–H and O–H groups in total. The van der Waals surface area contributed by atoms with Crippen molar-refractivity contribution >= 4 is 5.97 Å². The number of carboxylic acids is 1. The molecule has 1 rings (SSSR count). The van der Waals surface area contributed by atoms with Gasteiger partial charge in [0.25, 0.3) is 0 Å². The molecular weight excluding hydrogens is 130 g/mol. The predicted molar refractivity (Wildman–Crippen MR) is 37.8 cm³/mol. The summed E-state index contributed by atoms with van der Waals surface area (Å²) in [5.41, 5.74) is -0.778. The van der Waals surface area contributed by atoms with Gasteiger partial charge in [0.15, 0.2) is 0 Å². The average molecular weight is 141 g/mol. The zero-order chi connectivity index (χ0) is 7.61. The third kappa shape index (κ3) is 0.926. The van der Waals surface area contributed by atoms with Crippen molar-refractivity contribution in [2.24, 2.45) is 0 Å². The molecule has 0 radical (unpaired) electrons. The lowest BCUT2D eigenvalue weighted by molar-refractivity contribution is -0.142. The molecule has 0 aromatic heterocycles. The summed E-state index contributed by atoms with van der Waals surface area (Å²) in [5.74, 6) is -0.788. The normalized spacial score (nSPS) is 30.9. The molecule has 0 unspecified atom stereocenters. The van der Waals surface area contributed by atoms with Crippen LogP contribution in [0.25, 0.3) is 0 Å². The first-order valence-corrected chi connectivity index (χ1v) is 3.37. The second-order valence-corrected chi connectivity index (χ2v) is 2.41. The second-order valence-electron chi connectivity index (χ2n) is 2.41. The van der Waals surface area contributed by atoms with Crippen molar-refractivity contribution in [1.29, 1.82) is 0 Å². The van der Waals surface area contributed by atoms with Crippen molar-refractivity contribution in [1.82, 2.24) is 5.32 Å². The first kappa shape index (κ1) is 7.28. The summed E-state index contributed by atoms with van der Waals surface area (Å²) in [7, 11) is 0. The van der Waals surface area contributed by atoms with Crippen LogP contribution >= 0.6 is 0 Å². The molecule has 1 atom stereocenters. The number of aliphatic carboxylic acids is 1. The maximum Gasteiger partial charge on any atom is 0.327 e. The minimum Gasteiger partial charge on any atom is -0.480 e. The third-order valence-corrected chi connectivity index (χ3v) is 1.88. The molecule has 10 heavy (non-hydrogen) atoms. The van der Waals surface area contributed by atoms with E-state index in [2.05, 4.69) is 5.32 Å². The number of rotatable bonds is 2. The summed E-state index contributed by atoms with van der Waals surface area (Å²) < 4.78 is 0. The van der Waals surface area contributed by atoms with Gasteiger partial charge in [-0.1, -0.05) is 19.1 Å². The van der Waals surface area contributed by atoms with E-state index in [1.165, 1.54) is 0 Å². The molecule has 0 aromatic carbocycles. The Hall–Kier alpha value is -0.830. The van der Waals surface area contributed by atoms with Crippen LogP contribution in [0.3, 0.4) is 0 Å². The molecule has 0 bridgehead atoms. The van der Waals surface area contributed by atoms with Crippen LogP contribution in [0.5, 0.6) is 0 Å². The predicted octanol–water partition coefficient (Wildman–Crippen LogP) is 0.379. The Morgan fingerprint density at radius 2 is 2.60 bits per heavy atom. The van der Waals surface area contributed by atoms with E-state index in [9.17, 15) is 4.79 Å². The Kier molecular flexibility index (Phi) is 1.76. The summed E-state index contributed by atoms with van der Waals surface area (Å²) >= 11 is 0. The Labute approximate surface area is 59.7 Å². The molecule has 3 heteroatoms. The number of hydrogen-bond acceptors (Lipinski definition) is 2. The van der Waals surface area contributed by atoms with Gasteiger partial charge in [0.05, 0.1) is 0 Å². The molecule has 0 fully saturated rings. The smallest absolute Gasteiger partial charge is 0.327 e. The van der Waals surface area contributed by atoms with E-state index in [4.69, 9.17) is 5.11 Å². The molecule has 1 aliphatic heterocycles. The molecule has 3 nitrogen and oxygen atoms in total. The van der Waals surface area contributed by atoms with Crippen LogP contribution in [0.4, 0.5) is 0 Å². The van der Waals surface area contributed by atoms with Crippen molar-refractivity contribution in [3.8, 4) is 0 Å². The molecule has 0 saturated carbocycles. The molecule has 1 aliphatic rings. The first-order valence-electron chi connectivity index (χ1n) is 3.37.